The standard InChI is InChI=1S/C20H31N3O4.ClH/c1-14(2)27-17-8-7-15(12-18(17)26-3)20(25)23-11-5-4-6-16(23)13-22-19(24)9-10-21;/h7-8,12,14,16H,4-6,9-11,13,21H2,1-3H3,(H,22,24);1H. The van der Waals surface area contributed by atoms with Crippen molar-refractivity contribution in [3.05, 3.63) is 23.8 Å². The quantitative estimate of drug-likeness (QED) is 0.682. The van der Waals surface area contributed by atoms with Crippen LogP contribution in [0.15, 0.2) is 18.2 Å². The van der Waals surface area contributed by atoms with E-state index in [1.807, 2.05) is 18.7 Å². The molecule has 0 bridgehead atoms. The number of methoxy groups -OCH3 is 1. The normalized spacial score (nSPS) is 16.3. The topological polar surface area (TPSA) is 93.9 Å². The lowest BCUT2D eigenvalue weighted by Crippen LogP contribution is -2.49. The zero-order valence-corrected chi connectivity index (χ0v) is 17.7. The minimum Gasteiger partial charge on any atom is -0.493 e. The highest BCUT2D eigenvalue weighted by Gasteiger charge is 2.28. The lowest BCUT2D eigenvalue weighted by atomic mass is 10.0. The Morgan fingerprint density at radius 1 is 1.29 bits per heavy atom. The van der Waals surface area contributed by atoms with Gasteiger partial charge in [-0.3, -0.25) is 9.59 Å². The summed E-state index contributed by atoms with van der Waals surface area (Å²) in [7, 11) is 1.56. The highest BCUT2D eigenvalue weighted by molar-refractivity contribution is 5.95. The van der Waals surface area contributed by atoms with Gasteiger partial charge >= 0.3 is 0 Å². The molecule has 158 valence electrons. The molecule has 1 heterocycles. The number of piperidine rings is 1. The predicted molar refractivity (Wildman–Crippen MR) is 111 cm³/mol. The van der Waals surface area contributed by atoms with Crippen LogP contribution in [0, 0.1) is 0 Å². The number of benzene rings is 1. The first-order valence-corrected chi connectivity index (χ1v) is 9.58. The van der Waals surface area contributed by atoms with E-state index in [1.54, 1.807) is 25.3 Å². The Morgan fingerprint density at radius 3 is 2.68 bits per heavy atom. The fourth-order valence-corrected chi connectivity index (χ4v) is 3.25. The first-order chi connectivity index (χ1) is 13.0. The van der Waals surface area contributed by atoms with Crippen LogP contribution in [0.3, 0.4) is 0 Å². The highest BCUT2D eigenvalue weighted by Crippen LogP contribution is 2.30. The van der Waals surface area contributed by atoms with Crippen LogP contribution in [0.1, 0.15) is 49.9 Å². The van der Waals surface area contributed by atoms with Crippen molar-refractivity contribution in [1.29, 1.82) is 0 Å². The molecule has 1 fully saturated rings. The zero-order chi connectivity index (χ0) is 19.8. The molecule has 1 aromatic rings. The minimum absolute atomic E-state index is 0. The molecule has 1 aliphatic rings. The van der Waals surface area contributed by atoms with Gasteiger partial charge in [0.25, 0.3) is 5.91 Å². The number of nitrogens with two attached hydrogens (primary N) is 1. The summed E-state index contributed by atoms with van der Waals surface area (Å²) in [5, 5.41) is 2.89. The third-order valence-corrected chi connectivity index (χ3v) is 4.57. The molecular weight excluding hydrogens is 382 g/mol. The fraction of sp³-hybridized carbons (Fsp3) is 0.600. The Morgan fingerprint density at radius 2 is 2.04 bits per heavy atom. The third-order valence-electron chi connectivity index (χ3n) is 4.57. The van der Waals surface area contributed by atoms with Crippen molar-refractivity contribution < 1.29 is 19.1 Å². The molecule has 7 nitrogen and oxygen atoms in total. The number of carbonyl (C=O) groups excluding carboxylic acids is 2. The molecule has 0 aromatic heterocycles. The van der Waals surface area contributed by atoms with Gasteiger partial charge in [0.05, 0.1) is 13.2 Å². The van der Waals surface area contributed by atoms with Gasteiger partial charge < -0.3 is 25.4 Å². The maximum absolute atomic E-state index is 13.1. The Hall–Kier alpha value is -1.99. The highest BCUT2D eigenvalue weighted by atomic mass is 35.5. The molecule has 8 heteroatoms. The van der Waals surface area contributed by atoms with E-state index in [9.17, 15) is 9.59 Å². The molecule has 2 amide bonds. The van der Waals surface area contributed by atoms with Crippen molar-refractivity contribution in [2.75, 3.05) is 26.7 Å². The van der Waals surface area contributed by atoms with Crippen molar-refractivity contribution >= 4 is 24.2 Å². The number of nitrogens with zero attached hydrogens (tertiary/aromatic N) is 1. The number of halogens is 1. The minimum atomic E-state index is -0.0765. The van der Waals surface area contributed by atoms with Gasteiger partial charge in [0.1, 0.15) is 0 Å². The molecule has 3 N–H and O–H groups in total. The molecule has 1 aliphatic heterocycles. The largest absolute Gasteiger partial charge is 0.493 e. The van der Waals surface area contributed by atoms with E-state index in [4.69, 9.17) is 15.2 Å². The summed E-state index contributed by atoms with van der Waals surface area (Å²) in [5.74, 6) is 1.03. The molecule has 0 aliphatic carbocycles. The Bertz CT molecular complexity index is 654. The van der Waals surface area contributed by atoms with Crippen LogP contribution in [0.2, 0.25) is 0 Å². The lowest BCUT2D eigenvalue weighted by molar-refractivity contribution is -0.121. The van der Waals surface area contributed by atoms with Gasteiger partial charge in [-0.1, -0.05) is 0 Å². The van der Waals surface area contributed by atoms with Crippen LogP contribution in [-0.4, -0.2) is 55.6 Å². The number of ether oxygens (including phenoxy) is 2. The lowest BCUT2D eigenvalue weighted by Gasteiger charge is -2.36. The van der Waals surface area contributed by atoms with E-state index >= 15 is 0 Å². The average Bonchev–Trinajstić information content (AvgIpc) is 2.66. The Labute approximate surface area is 173 Å². The van der Waals surface area contributed by atoms with E-state index in [0.717, 1.165) is 19.3 Å². The first kappa shape index (κ1) is 24.0. The maximum atomic E-state index is 13.1. The van der Waals surface area contributed by atoms with Crippen LogP contribution >= 0.6 is 12.4 Å². The van der Waals surface area contributed by atoms with Crippen molar-refractivity contribution in [3.8, 4) is 11.5 Å². The Balaban J connectivity index is 0.00000392. The van der Waals surface area contributed by atoms with Gasteiger partial charge in [0, 0.05) is 37.7 Å². The molecule has 0 spiro atoms. The van der Waals surface area contributed by atoms with E-state index in [2.05, 4.69) is 5.32 Å². The first-order valence-electron chi connectivity index (χ1n) is 9.58. The molecule has 0 saturated carbocycles. The van der Waals surface area contributed by atoms with Crippen LogP contribution < -0.4 is 20.5 Å². The number of rotatable bonds is 8. The number of hydrogen-bond donors (Lipinski definition) is 2. The van der Waals surface area contributed by atoms with E-state index in [-0.39, 0.29) is 36.4 Å². The second kappa shape index (κ2) is 11.8. The van der Waals surface area contributed by atoms with Gasteiger partial charge in [-0.15, -0.1) is 12.4 Å². The monoisotopic (exact) mass is 413 g/mol. The summed E-state index contributed by atoms with van der Waals surface area (Å²) in [5.41, 5.74) is 5.97. The second-order valence-electron chi connectivity index (χ2n) is 7.02. The number of hydrogen-bond acceptors (Lipinski definition) is 5. The van der Waals surface area contributed by atoms with Crippen LogP contribution in [0.5, 0.6) is 11.5 Å². The summed E-state index contributed by atoms with van der Waals surface area (Å²) < 4.78 is 11.1. The summed E-state index contributed by atoms with van der Waals surface area (Å²) in [6, 6.07) is 5.25. The molecule has 28 heavy (non-hydrogen) atoms. The second-order valence-corrected chi connectivity index (χ2v) is 7.02. The smallest absolute Gasteiger partial charge is 0.254 e. The molecule has 1 saturated heterocycles. The van der Waals surface area contributed by atoms with Crippen LogP contribution in [0.25, 0.3) is 0 Å². The number of carbonyl (C=O) groups is 2. The number of nitrogens with one attached hydrogen (secondary N) is 1. The van der Waals surface area contributed by atoms with Crippen molar-refractivity contribution in [2.45, 2.75) is 51.7 Å². The van der Waals surface area contributed by atoms with E-state index in [1.165, 1.54) is 0 Å². The van der Waals surface area contributed by atoms with Crippen LogP contribution in [0.4, 0.5) is 0 Å². The van der Waals surface area contributed by atoms with Crippen molar-refractivity contribution in [2.24, 2.45) is 5.73 Å². The Kier molecular flexibility index (Phi) is 10.1. The molecule has 1 atom stereocenters. The van der Waals surface area contributed by atoms with Crippen LogP contribution in [-0.2, 0) is 4.79 Å². The summed E-state index contributed by atoms with van der Waals surface area (Å²) in [6.45, 7) is 5.34. The van der Waals surface area contributed by atoms with Gasteiger partial charge in [-0.2, -0.15) is 0 Å². The molecular formula is C20H32ClN3O4. The maximum Gasteiger partial charge on any atom is 0.254 e. The van der Waals surface area contributed by atoms with Gasteiger partial charge in [0.15, 0.2) is 11.5 Å². The predicted octanol–water partition coefficient (Wildman–Crippen LogP) is 2.36. The molecule has 1 aromatic carbocycles. The summed E-state index contributed by atoms with van der Waals surface area (Å²) in [4.78, 5) is 26.6. The third kappa shape index (κ3) is 6.56. The number of likely N-dealkylation sites (tertiary alicyclic amines) is 1. The summed E-state index contributed by atoms with van der Waals surface area (Å²) in [6.07, 6.45) is 3.20. The van der Waals surface area contributed by atoms with Crippen molar-refractivity contribution in [1.82, 2.24) is 10.2 Å². The van der Waals surface area contributed by atoms with Crippen molar-refractivity contribution in [3.63, 3.8) is 0 Å². The zero-order valence-electron chi connectivity index (χ0n) is 16.9. The van der Waals surface area contributed by atoms with E-state index in [0.29, 0.717) is 43.1 Å². The average molecular weight is 414 g/mol. The molecule has 0 radical (unpaired) electrons. The van der Waals surface area contributed by atoms with Gasteiger partial charge in [-0.25, -0.2) is 0 Å². The van der Waals surface area contributed by atoms with E-state index < -0.39 is 0 Å². The number of amides is 2. The molecule has 1 unspecified atom stereocenters. The van der Waals surface area contributed by atoms with Gasteiger partial charge in [0.2, 0.25) is 5.91 Å². The molecule has 2 rings (SSSR count). The SMILES string of the molecule is COc1cc(C(=O)N2CCCCC2CNC(=O)CCN)ccc1OC(C)C.Cl. The van der Waals surface area contributed by atoms with Gasteiger partial charge in [-0.05, 0) is 51.3 Å². The summed E-state index contributed by atoms with van der Waals surface area (Å²) >= 11 is 0. The fourth-order valence-electron chi connectivity index (χ4n) is 3.25.